The molecule has 2 unspecified atom stereocenters. The lowest BCUT2D eigenvalue weighted by Gasteiger charge is -2.49. The number of para-hydroxylation sites is 1. The molecule has 396 valence electrons. The summed E-state index contributed by atoms with van der Waals surface area (Å²) in [5.74, 6) is 2.15. The van der Waals surface area contributed by atoms with Crippen molar-refractivity contribution in [2.24, 2.45) is 0 Å². The van der Waals surface area contributed by atoms with E-state index >= 15 is 4.79 Å². The van der Waals surface area contributed by atoms with Crippen molar-refractivity contribution in [2.75, 3.05) is 53.0 Å². The Morgan fingerprint density at radius 3 is 1.88 bits per heavy atom. The third-order valence-electron chi connectivity index (χ3n) is 13.1. The second-order valence-electron chi connectivity index (χ2n) is 17.9. The van der Waals surface area contributed by atoms with Crippen molar-refractivity contribution in [3.8, 4) is 34.5 Å². The molecule has 1 aliphatic rings. The van der Waals surface area contributed by atoms with Gasteiger partial charge in [-0.25, -0.2) is 9.59 Å². The number of methoxy groups -OCH3 is 3. The highest BCUT2D eigenvalue weighted by Crippen LogP contribution is 2.53. The molecule has 7 aromatic rings. The number of carbonyl (C=O) groups excluding carboxylic acids is 2. The van der Waals surface area contributed by atoms with Gasteiger partial charge < -0.3 is 43.2 Å². The van der Waals surface area contributed by atoms with Gasteiger partial charge in [0.1, 0.15) is 29.1 Å². The van der Waals surface area contributed by atoms with Crippen molar-refractivity contribution >= 4 is 38.6 Å². The highest BCUT2D eigenvalue weighted by molar-refractivity contribution is 9.09. The van der Waals surface area contributed by atoms with Crippen molar-refractivity contribution < 1.29 is 47.9 Å². The Hall–Kier alpha value is -7.68. The number of esters is 2. The number of alkyl halides is 1. The highest BCUT2D eigenvalue weighted by Gasteiger charge is 2.58. The van der Waals surface area contributed by atoms with E-state index in [-0.39, 0.29) is 24.4 Å². The number of hydrogen-bond donors (Lipinski definition) is 1. The Balaban J connectivity index is 0.000000754. The molecule has 1 N–H and O–H groups in total. The molecule has 3 heterocycles. The summed E-state index contributed by atoms with van der Waals surface area (Å²) in [6.07, 6.45) is 10.0. The normalized spacial score (nSPS) is 14.5. The summed E-state index contributed by atoms with van der Waals surface area (Å²) in [5.41, 5.74) is 2.74. The molecular weight excluding hydrogens is 1030 g/mol. The number of halogens is 1. The first-order valence-electron chi connectivity index (χ1n) is 25.4. The molecule has 1 aliphatic heterocycles. The number of aromatic nitrogens is 2. The van der Waals surface area contributed by atoms with Crippen LogP contribution in [-0.4, -0.2) is 91.0 Å². The lowest BCUT2D eigenvalue weighted by molar-refractivity contribution is -0.141. The quantitative estimate of drug-likeness (QED) is 0.0348. The molecule has 2 aromatic heterocycles. The third-order valence-corrected chi connectivity index (χ3v) is 13.6. The third kappa shape index (κ3) is 14.0. The van der Waals surface area contributed by atoms with E-state index in [9.17, 15) is 4.79 Å². The molecule has 0 bridgehead atoms. The van der Waals surface area contributed by atoms with Crippen LogP contribution in [0.3, 0.4) is 0 Å². The van der Waals surface area contributed by atoms with Gasteiger partial charge in [0, 0.05) is 54.7 Å². The van der Waals surface area contributed by atoms with Gasteiger partial charge in [-0.3, -0.25) is 9.97 Å². The zero-order chi connectivity index (χ0) is 53.7. The molecule has 0 aliphatic carbocycles. The van der Waals surface area contributed by atoms with E-state index in [1.165, 1.54) is 12.7 Å². The number of aliphatic hydroxyl groups is 1. The van der Waals surface area contributed by atoms with Crippen molar-refractivity contribution in [3.05, 3.63) is 204 Å². The topological polar surface area (TPSA) is 148 Å². The monoisotopic (exact) mass is 1090 g/mol. The Morgan fingerprint density at radius 1 is 0.632 bits per heavy atom. The van der Waals surface area contributed by atoms with Crippen LogP contribution >= 0.6 is 15.9 Å². The molecule has 14 heteroatoms. The van der Waals surface area contributed by atoms with E-state index in [0.29, 0.717) is 89.9 Å². The fourth-order valence-electron chi connectivity index (χ4n) is 9.55. The van der Waals surface area contributed by atoms with Gasteiger partial charge in [-0.1, -0.05) is 82.7 Å². The number of hydrogen-bond acceptors (Lipinski definition) is 13. The maximum Gasteiger partial charge on any atom is 0.337 e. The minimum absolute atomic E-state index is 0.106. The van der Waals surface area contributed by atoms with Crippen LogP contribution in [0.1, 0.15) is 56.2 Å². The summed E-state index contributed by atoms with van der Waals surface area (Å²) in [5, 5.41) is 11.2. The number of aliphatic hydroxyl groups excluding tert-OH is 1. The van der Waals surface area contributed by atoms with E-state index in [1.54, 1.807) is 44.9 Å². The van der Waals surface area contributed by atoms with Crippen molar-refractivity contribution in [1.29, 1.82) is 0 Å². The maximum atomic E-state index is 15.3. The first-order valence-corrected chi connectivity index (χ1v) is 26.5. The number of allylic oxidation sites excluding steroid dienone is 2. The van der Waals surface area contributed by atoms with Crippen molar-refractivity contribution in [2.45, 2.75) is 63.9 Å². The molecule has 0 amide bonds. The summed E-state index contributed by atoms with van der Waals surface area (Å²) in [6.45, 7) is 4.91. The number of aryl methyl sites for hydroxylation is 2. The number of rotatable bonds is 24. The molecule has 0 saturated heterocycles. The van der Waals surface area contributed by atoms with Crippen molar-refractivity contribution in [1.82, 2.24) is 14.9 Å². The Kier molecular flexibility index (Phi) is 20.9. The number of fused-ring (bicyclic) bond motifs is 1. The Bertz CT molecular complexity index is 3030. The van der Waals surface area contributed by atoms with E-state index < -0.39 is 23.5 Å². The molecule has 8 rings (SSSR count). The lowest BCUT2D eigenvalue weighted by atomic mass is 9.61. The molecule has 0 fully saturated rings. The average Bonchev–Trinajstić information content (AvgIpc) is 3.46. The summed E-state index contributed by atoms with van der Waals surface area (Å²) in [6, 6.07) is 44.1. The van der Waals surface area contributed by atoms with E-state index in [1.807, 2.05) is 140 Å². The van der Waals surface area contributed by atoms with Crippen LogP contribution < -0.4 is 23.7 Å². The molecule has 76 heavy (non-hydrogen) atoms. The summed E-state index contributed by atoms with van der Waals surface area (Å²) in [4.78, 5) is 40.4. The van der Waals surface area contributed by atoms with Crippen LogP contribution in [0.15, 0.2) is 187 Å². The largest absolute Gasteiger partial charge is 0.494 e. The van der Waals surface area contributed by atoms with Crippen LogP contribution in [-0.2, 0) is 37.3 Å². The van der Waals surface area contributed by atoms with Gasteiger partial charge in [-0.05, 0) is 153 Å². The number of pyridine rings is 2. The van der Waals surface area contributed by atoms with E-state index in [0.717, 1.165) is 34.9 Å². The van der Waals surface area contributed by atoms with Crippen LogP contribution in [0.25, 0.3) is 10.8 Å². The SMILES string of the molecule is COC(=O)C1=C(C)N(CCCOc2ccc3ccccc3c2)C(C)=C(C(=O)OCCCc2cccnc2)C1(c1ccc(OC)c(OC)c1)C(CCBr)Oc1ccc(Oc2ccccc2)cc1.OCCCc1cccnc1. The first kappa shape index (κ1) is 56.1. The maximum absolute atomic E-state index is 15.3. The average molecular weight is 1090 g/mol. The standard InChI is InChI=1S/C54H55BrN2O9.C8H11NO/c1-37-50(52(58)62-5)54(42-21-27-47(60-3)48(35-42)61-4,49(28-29-55)66-45-25-23-44(24-26-45)65-43-18-7-6-8-19-43)51(53(59)64-32-12-15-39-14-11-30-56-36-39)38(2)57(37)31-13-33-63-46-22-20-40-16-9-10-17-41(40)34-46;10-6-2-4-8-3-1-5-9-7-8/h6-11,14,16-27,30,34-36,49H,12-13,15,28-29,31-33H2,1-5H3;1,3,5,7,10H,2,4,6H2. The van der Waals surface area contributed by atoms with Crippen molar-refractivity contribution in [3.63, 3.8) is 0 Å². The van der Waals surface area contributed by atoms with Gasteiger partial charge in [0.05, 0.1) is 51.1 Å². The minimum Gasteiger partial charge on any atom is -0.494 e. The van der Waals surface area contributed by atoms with E-state index in [2.05, 4.69) is 38.0 Å². The molecule has 2 atom stereocenters. The predicted octanol–water partition coefficient (Wildman–Crippen LogP) is 12.2. The molecule has 5 aromatic carbocycles. The van der Waals surface area contributed by atoms with E-state index in [4.69, 9.17) is 38.3 Å². The molecule has 13 nitrogen and oxygen atoms in total. The van der Waals surface area contributed by atoms with Gasteiger partial charge in [-0.15, -0.1) is 0 Å². The fourth-order valence-corrected chi connectivity index (χ4v) is 9.96. The number of benzene rings is 5. The molecule has 0 spiro atoms. The number of nitrogens with zero attached hydrogens (tertiary/aromatic N) is 3. The molecular formula is C62H66BrN3O10. The molecule has 0 saturated carbocycles. The van der Waals surface area contributed by atoms with Gasteiger partial charge in [0.2, 0.25) is 0 Å². The smallest absolute Gasteiger partial charge is 0.337 e. The number of carbonyl (C=O) groups is 2. The Labute approximate surface area is 454 Å². The Morgan fingerprint density at radius 2 is 1.25 bits per heavy atom. The van der Waals surface area contributed by atoms with Gasteiger partial charge in [0.25, 0.3) is 0 Å². The number of ether oxygens (including phenoxy) is 7. The van der Waals surface area contributed by atoms with Crippen LogP contribution in [0.2, 0.25) is 0 Å². The second kappa shape index (κ2) is 28.3. The second-order valence-corrected chi connectivity index (χ2v) is 18.7. The highest BCUT2D eigenvalue weighted by atomic mass is 79.9. The summed E-state index contributed by atoms with van der Waals surface area (Å²) in [7, 11) is 4.44. The van der Waals surface area contributed by atoms with Crippen LogP contribution in [0, 0.1) is 0 Å². The zero-order valence-electron chi connectivity index (χ0n) is 43.8. The van der Waals surface area contributed by atoms with Crippen LogP contribution in [0.5, 0.6) is 34.5 Å². The van der Waals surface area contributed by atoms with Gasteiger partial charge in [0.15, 0.2) is 11.5 Å². The minimum atomic E-state index is -1.63. The summed E-state index contributed by atoms with van der Waals surface area (Å²) >= 11 is 3.71. The predicted molar refractivity (Wildman–Crippen MR) is 298 cm³/mol. The van der Waals surface area contributed by atoms with Gasteiger partial charge in [-0.2, -0.15) is 0 Å². The first-order chi connectivity index (χ1) is 37.1. The van der Waals surface area contributed by atoms with Crippen LogP contribution in [0.4, 0.5) is 0 Å². The molecule has 0 radical (unpaired) electrons. The fraction of sp³-hybridized carbons (Fsp3) is 0.290. The lowest BCUT2D eigenvalue weighted by Crippen LogP contribution is -2.55. The summed E-state index contributed by atoms with van der Waals surface area (Å²) < 4.78 is 43.1. The van der Waals surface area contributed by atoms with Gasteiger partial charge >= 0.3 is 11.9 Å². The zero-order valence-corrected chi connectivity index (χ0v) is 45.4.